The number of rotatable bonds is 8. The van der Waals surface area contributed by atoms with E-state index in [1.807, 2.05) is 6.07 Å². The molecule has 33 heavy (non-hydrogen) atoms. The van der Waals surface area contributed by atoms with E-state index >= 15 is 0 Å². The second-order valence-electron chi connectivity index (χ2n) is 8.40. The van der Waals surface area contributed by atoms with E-state index < -0.39 is 12.2 Å². The van der Waals surface area contributed by atoms with Crippen molar-refractivity contribution in [2.45, 2.75) is 51.7 Å². The van der Waals surface area contributed by atoms with Crippen LogP contribution in [0.2, 0.25) is 0 Å². The molecule has 1 unspecified atom stereocenters. The number of amides is 1. The number of benzene rings is 1. The fourth-order valence-electron chi connectivity index (χ4n) is 3.76. The molecular weight excluding hydrogens is 440 g/mol. The fourth-order valence-corrected chi connectivity index (χ4v) is 4.75. The van der Waals surface area contributed by atoms with Crippen molar-refractivity contribution in [1.82, 2.24) is 10.5 Å². The van der Waals surface area contributed by atoms with Crippen LogP contribution in [0.4, 0.5) is 5.69 Å². The molecule has 0 radical (unpaired) electrons. The summed E-state index contributed by atoms with van der Waals surface area (Å²) in [5, 5.41) is 15.9. The average Bonchev–Trinajstić information content (AvgIpc) is 3.51. The molecule has 0 aliphatic carbocycles. The summed E-state index contributed by atoms with van der Waals surface area (Å²) in [5.41, 5.74) is 6.59. The minimum Gasteiger partial charge on any atom is -0.492 e. The van der Waals surface area contributed by atoms with Gasteiger partial charge >= 0.3 is 0 Å². The van der Waals surface area contributed by atoms with Crippen LogP contribution >= 0.6 is 11.3 Å². The molecule has 2 aliphatic heterocycles. The molecule has 9 heteroatoms. The Hall–Kier alpha value is -2.93. The number of thiazole rings is 1. The molecule has 1 fully saturated rings. The van der Waals surface area contributed by atoms with Crippen molar-refractivity contribution in [3.8, 4) is 22.4 Å². The molecule has 2 aromatic rings. The second-order valence-corrected chi connectivity index (χ2v) is 9.26. The van der Waals surface area contributed by atoms with Crippen molar-refractivity contribution in [2.75, 3.05) is 25.1 Å². The van der Waals surface area contributed by atoms with Crippen LogP contribution in [0.5, 0.6) is 5.75 Å². The van der Waals surface area contributed by atoms with E-state index in [-0.39, 0.29) is 12.1 Å². The Morgan fingerprint density at radius 3 is 2.97 bits per heavy atom. The normalized spacial score (nSPS) is 17.2. The van der Waals surface area contributed by atoms with Gasteiger partial charge in [-0.15, -0.1) is 11.3 Å². The Bertz CT molecular complexity index is 1080. The van der Waals surface area contributed by atoms with Crippen LogP contribution in [-0.4, -0.2) is 36.9 Å². The molecule has 8 nitrogen and oxygen atoms in total. The van der Waals surface area contributed by atoms with Crippen LogP contribution < -0.4 is 15.5 Å². The standard InChI is InChI=1S/C24H28N4O4S/c1-14(2)20-13-33-24(27-20)17-10-19(18(11-25)16-7-9-31-22(16)17)26-12-15(3)23(29)28-32-21-6-4-5-8-30-21/h10,13-14,21,26H,3-9,12H2,1-2H3,(H,28,29). The number of fused-ring (bicyclic) bond motifs is 1. The summed E-state index contributed by atoms with van der Waals surface area (Å²) < 4.78 is 11.3. The smallest absolute Gasteiger partial charge is 0.272 e. The maximum absolute atomic E-state index is 12.4. The molecule has 0 spiro atoms. The summed E-state index contributed by atoms with van der Waals surface area (Å²) in [7, 11) is 0. The van der Waals surface area contributed by atoms with Crippen LogP contribution in [0.3, 0.4) is 0 Å². The highest BCUT2D eigenvalue weighted by molar-refractivity contribution is 7.13. The topological polar surface area (TPSA) is 106 Å². The number of hydrogen-bond donors (Lipinski definition) is 2. The zero-order chi connectivity index (χ0) is 23.4. The Morgan fingerprint density at radius 2 is 2.27 bits per heavy atom. The number of anilines is 1. The summed E-state index contributed by atoms with van der Waals surface area (Å²) in [4.78, 5) is 22.5. The predicted octanol–water partition coefficient (Wildman–Crippen LogP) is 4.28. The van der Waals surface area contributed by atoms with Gasteiger partial charge in [0.2, 0.25) is 0 Å². The molecule has 1 aromatic heterocycles. The van der Waals surface area contributed by atoms with E-state index in [2.05, 4.69) is 42.7 Å². The van der Waals surface area contributed by atoms with E-state index in [0.29, 0.717) is 36.8 Å². The van der Waals surface area contributed by atoms with Crippen molar-refractivity contribution in [3.05, 3.63) is 40.4 Å². The van der Waals surface area contributed by atoms with Crippen molar-refractivity contribution >= 4 is 22.9 Å². The monoisotopic (exact) mass is 468 g/mol. The lowest BCUT2D eigenvalue weighted by atomic mass is 9.99. The first-order valence-corrected chi connectivity index (χ1v) is 12.0. The summed E-state index contributed by atoms with van der Waals surface area (Å²) in [5.74, 6) is 0.614. The predicted molar refractivity (Wildman–Crippen MR) is 126 cm³/mol. The number of hydrogen-bond acceptors (Lipinski definition) is 8. The maximum Gasteiger partial charge on any atom is 0.272 e. The van der Waals surface area contributed by atoms with Crippen LogP contribution in [0.15, 0.2) is 23.6 Å². The molecular formula is C24H28N4O4S. The van der Waals surface area contributed by atoms with E-state index in [0.717, 1.165) is 46.8 Å². The lowest BCUT2D eigenvalue weighted by molar-refractivity contribution is -0.198. The van der Waals surface area contributed by atoms with Gasteiger partial charge in [-0.3, -0.25) is 4.79 Å². The Balaban J connectivity index is 1.49. The number of hydroxylamine groups is 1. The van der Waals surface area contributed by atoms with E-state index in [9.17, 15) is 10.1 Å². The van der Waals surface area contributed by atoms with E-state index in [4.69, 9.17) is 19.3 Å². The molecule has 1 atom stereocenters. The highest BCUT2D eigenvalue weighted by atomic mass is 32.1. The van der Waals surface area contributed by atoms with Gasteiger partial charge in [-0.05, 0) is 24.8 Å². The molecule has 2 N–H and O–H groups in total. The number of nitriles is 1. The van der Waals surface area contributed by atoms with E-state index in [1.54, 1.807) is 11.3 Å². The Labute approximate surface area is 197 Å². The largest absolute Gasteiger partial charge is 0.492 e. The molecule has 174 valence electrons. The lowest BCUT2D eigenvalue weighted by Crippen LogP contribution is -2.34. The summed E-state index contributed by atoms with van der Waals surface area (Å²) in [6, 6.07) is 4.17. The van der Waals surface area contributed by atoms with Gasteiger partial charge in [0.05, 0.1) is 29.1 Å². The molecule has 3 heterocycles. The van der Waals surface area contributed by atoms with Gasteiger partial charge in [0.15, 0.2) is 6.29 Å². The zero-order valence-electron chi connectivity index (χ0n) is 18.9. The third-order valence-electron chi connectivity index (χ3n) is 5.67. The fraction of sp³-hybridized carbons (Fsp3) is 0.458. The molecule has 0 bridgehead atoms. The minimum atomic E-state index is -0.429. The average molecular weight is 469 g/mol. The van der Waals surface area contributed by atoms with Gasteiger partial charge in [0.25, 0.3) is 5.91 Å². The second kappa shape index (κ2) is 10.3. The number of nitrogens with zero attached hydrogens (tertiary/aromatic N) is 2. The summed E-state index contributed by atoms with van der Waals surface area (Å²) >= 11 is 1.56. The zero-order valence-corrected chi connectivity index (χ0v) is 19.7. The Kier molecular flexibility index (Phi) is 7.28. The van der Waals surface area contributed by atoms with Gasteiger partial charge < -0.3 is 14.8 Å². The molecule has 1 aromatic carbocycles. The molecule has 1 amide bonds. The van der Waals surface area contributed by atoms with Gasteiger partial charge in [-0.1, -0.05) is 20.4 Å². The number of nitrogens with one attached hydrogen (secondary N) is 2. The van der Waals surface area contributed by atoms with Crippen LogP contribution in [0, 0.1) is 11.3 Å². The lowest BCUT2D eigenvalue weighted by Gasteiger charge is -2.22. The van der Waals surface area contributed by atoms with Crippen molar-refractivity contribution in [2.24, 2.45) is 0 Å². The highest BCUT2D eigenvalue weighted by Crippen LogP contribution is 2.43. The number of carbonyl (C=O) groups excluding carboxylic acids is 1. The summed E-state index contributed by atoms with van der Waals surface area (Å²) in [6.07, 6.45) is 2.97. The Morgan fingerprint density at radius 1 is 1.42 bits per heavy atom. The number of carbonyl (C=O) groups is 1. The third-order valence-corrected chi connectivity index (χ3v) is 6.56. The highest BCUT2D eigenvalue weighted by Gasteiger charge is 2.26. The first kappa shape index (κ1) is 23.2. The quantitative estimate of drug-likeness (QED) is 0.440. The van der Waals surface area contributed by atoms with Gasteiger partial charge in [0, 0.05) is 42.5 Å². The van der Waals surface area contributed by atoms with Crippen molar-refractivity contribution < 1.29 is 19.1 Å². The van der Waals surface area contributed by atoms with Gasteiger partial charge in [0.1, 0.15) is 16.8 Å². The SMILES string of the molecule is C=C(CNc1cc(-c2nc(C(C)C)cs2)c2c(c1C#N)CCO2)C(=O)NOC1CCCCO1. The third kappa shape index (κ3) is 5.19. The van der Waals surface area contributed by atoms with Gasteiger partial charge in [-0.25, -0.2) is 15.3 Å². The van der Waals surface area contributed by atoms with E-state index in [1.165, 1.54) is 0 Å². The van der Waals surface area contributed by atoms with Crippen LogP contribution in [0.25, 0.3) is 10.6 Å². The van der Waals surface area contributed by atoms with Crippen LogP contribution in [-0.2, 0) is 20.8 Å². The van der Waals surface area contributed by atoms with Crippen LogP contribution in [0.1, 0.15) is 55.8 Å². The minimum absolute atomic E-state index is 0.156. The molecule has 4 rings (SSSR count). The maximum atomic E-state index is 12.4. The molecule has 1 saturated heterocycles. The first-order valence-electron chi connectivity index (χ1n) is 11.2. The number of ether oxygens (including phenoxy) is 2. The van der Waals surface area contributed by atoms with Gasteiger partial charge in [-0.2, -0.15) is 5.26 Å². The van der Waals surface area contributed by atoms with Crippen molar-refractivity contribution in [1.29, 1.82) is 5.26 Å². The first-order chi connectivity index (χ1) is 16.0. The summed E-state index contributed by atoms with van der Waals surface area (Å²) in [6.45, 7) is 9.37. The van der Waals surface area contributed by atoms with Crippen molar-refractivity contribution in [3.63, 3.8) is 0 Å². The number of aromatic nitrogens is 1. The molecule has 2 aliphatic rings. The molecule has 0 saturated carbocycles.